The Morgan fingerprint density at radius 2 is 1.88 bits per heavy atom. The first-order valence-corrected chi connectivity index (χ1v) is 4.59. The molecule has 0 fully saturated rings. The Labute approximate surface area is 94.8 Å². The molecule has 0 amide bonds. The lowest BCUT2D eigenvalue weighted by Gasteiger charge is -2.10. The lowest BCUT2D eigenvalue weighted by molar-refractivity contribution is -0.139. The largest absolute Gasteiger partial charge is 0.491 e. The minimum Gasteiger partial charge on any atom is -0.491 e. The summed E-state index contributed by atoms with van der Waals surface area (Å²) in [6.07, 6.45) is -4.41. The van der Waals surface area contributed by atoms with Gasteiger partial charge in [0.05, 0.1) is 5.56 Å². The van der Waals surface area contributed by atoms with Crippen molar-refractivity contribution in [3.63, 3.8) is 0 Å². The van der Waals surface area contributed by atoms with Gasteiger partial charge in [-0.25, -0.2) is 0 Å². The van der Waals surface area contributed by atoms with Crippen LogP contribution in [0.1, 0.15) is 5.56 Å². The number of benzene rings is 1. The lowest BCUT2D eigenvalue weighted by Crippen LogP contribution is -2.36. The Hall–Kier alpha value is -1.76. The van der Waals surface area contributed by atoms with E-state index < -0.39 is 23.8 Å². The first-order valence-electron chi connectivity index (χ1n) is 4.59. The number of aliphatic carboxylic acids is 1. The number of carboxylic acids is 1. The number of alkyl halides is 3. The summed E-state index contributed by atoms with van der Waals surface area (Å²) < 4.78 is 41.5. The van der Waals surface area contributed by atoms with E-state index in [1.54, 1.807) is 0 Å². The van der Waals surface area contributed by atoms with Crippen LogP contribution in [0, 0.1) is 0 Å². The maximum absolute atomic E-state index is 12.2. The highest BCUT2D eigenvalue weighted by Gasteiger charge is 2.30. The van der Waals surface area contributed by atoms with Gasteiger partial charge in [-0.2, -0.15) is 13.2 Å². The molecule has 0 aliphatic heterocycles. The van der Waals surface area contributed by atoms with Gasteiger partial charge in [0.1, 0.15) is 18.4 Å². The third kappa shape index (κ3) is 3.95. The molecule has 17 heavy (non-hydrogen) atoms. The number of halogens is 3. The number of nitrogens with two attached hydrogens (primary N) is 1. The Morgan fingerprint density at radius 1 is 1.35 bits per heavy atom. The van der Waals surface area contributed by atoms with E-state index in [4.69, 9.17) is 15.6 Å². The van der Waals surface area contributed by atoms with Gasteiger partial charge in [-0.15, -0.1) is 0 Å². The van der Waals surface area contributed by atoms with Crippen molar-refractivity contribution >= 4 is 5.97 Å². The average Bonchev–Trinajstić information content (AvgIpc) is 2.25. The second-order valence-electron chi connectivity index (χ2n) is 3.28. The normalized spacial score (nSPS) is 13.2. The molecule has 7 heteroatoms. The van der Waals surface area contributed by atoms with Crippen LogP contribution in [0.2, 0.25) is 0 Å². The first kappa shape index (κ1) is 13.3. The van der Waals surface area contributed by atoms with Gasteiger partial charge in [-0.3, -0.25) is 4.79 Å². The average molecular weight is 249 g/mol. The van der Waals surface area contributed by atoms with E-state index in [1.165, 1.54) is 0 Å². The van der Waals surface area contributed by atoms with Crippen molar-refractivity contribution in [2.45, 2.75) is 12.2 Å². The summed E-state index contributed by atoms with van der Waals surface area (Å²) in [7, 11) is 0. The molecular weight excluding hydrogens is 239 g/mol. The quantitative estimate of drug-likeness (QED) is 0.848. The molecule has 0 aliphatic carbocycles. The fraction of sp³-hybridized carbons (Fsp3) is 0.300. The minimum atomic E-state index is -4.41. The third-order valence-electron chi connectivity index (χ3n) is 1.93. The molecule has 1 atom stereocenters. The molecule has 94 valence electrons. The fourth-order valence-electron chi connectivity index (χ4n) is 0.997. The van der Waals surface area contributed by atoms with Crippen molar-refractivity contribution in [3.8, 4) is 5.75 Å². The molecule has 0 saturated heterocycles. The van der Waals surface area contributed by atoms with Crippen LogP contribution in [-0.2, 0) is 11.0 Å². The van der Waals surface area contributed by atoms with Crippen molar-refractivity contribution in [2.24, 2.45) is 5.73 Å². The second-order valence-corrected chi connectivity index (χ2v) is 3.28. The topological polar surface area (TPSA) is 72.5 Å². The zero-order valence-electron chi connectivity index (χ0n) is 8.57. The van der Waals surface area contributed by atoms with Crippen molar-refractivity contribution in [3.05, 3.63) is 29.8 Å². The molecular formula is C10H10F3NO3. The van der Waals surface area contributed by atoms with Gasteiger partial charge in [0, 0.05) is 0 Å². The zero-order valence-corrected chi connectivity index (χ0v) is 8.57. The molecule has 0 spiro atoms. The minimum absolute atomic E-state index is 0.134. The second kappa shape index (κ2) is 5.05. The molecule has 1 aromatic carbocycles. The van der Waals surface area contributed by atoms with Crippen LogP contribution < -0.4 is 10.5 Å². The summed E-state index contributed by atoms with van der Waals surface area (Å²) >= 11 is 0. The summed E-state index contributed by atoms with van der Waals surface area (Å²) in [5, 5.41) is 8.46. The molecule has 1 unspecified atom stereocenters. The zero-order chi connectivity index (χ0) is 13.1. The van der Waals surface area contributed by atoms with Gasteiger partial charge in [0.15, 0.2) is 0 Å². The molecule has 4 nitrogen and oxygen atoms in total. The molecule has 0 saturated carbocycles. The Kier molecular flexibility index (Phi) is 3.95. The number of carbonyl (C=O) groups is 1. The number of hydrogen-bond donors (Lipinski definition) is 2. The van der Waals surface area contributed by atoms with Crippen LogP contribution in [0.4, 0.5) is 13.2 Å². The highest BCUT2D eigenvalue weighted by molar-refractivity contribution is 5.73. The Bertz CT molecular complexity index is 389. The Balaban J connectivity index is 2.60. The van der Waals surface area contributed by atoms with Crippen LogP contribution in [0.5, 0.6) is 5.75 Å². The van der Waals surface area contributed by atoms with Gasteiger partial charge in [0.25, 0.3) is 0 Å². The molecule has 0 aliphatic rings. The molecule has 0 bridgehead atoms. The van der Waals surface area contributed by atoms with Gasteiger partial charge >= 0.3 is 12.1 Å². The smallest absolute Gasteiger partial charge is 0.416 e. The van der Waals surface area contributed by atoms with Crippen molar-refractivity contribution in [2.75, 3.05) is 6.61 Å². The van der Waals surface area contributed by atoms with E-state index in [0.717, 1.165) is 24.3 Å². The van der Waals surface area contributed by atoms with E-state index in [-0.39, 0.29) is 12.4 Å². The monoisotopic (exact) mass is 249 g/mol. The van der Waals surface area contributed by atoms with E-state index in [0.29, 0.717) is 0 Å². The van der Waals surface area contributed by atoms with Crippen molar-refractivity contribution < 1.29 is 27.8 Å². The summed E-state index contributed by atoms with van der Waals surface area (Å²) in [5.74, 6) is -1.10. The SMILES string of the molecule is NC(COc1ccc(C(F)(F)F)cc1)C(=O)O. The van der Waals surface area contributed by atoms with Gasteiger partial charge in [-0.1, -0.05) is 0 Å². The molecule has 0 radical (unpaired) electrons. The van der Waals surface area contributed by atoms with Crippen LogP contribution in [0.3, 0.4) is 0 Å². The summed E-state index contributed by atoms with van der Waals surface area (Å²) in [5.41, 5.74) is 4.36. The van der Waals surface area contributed by atoms with E-state index in [1.807, 2.05) is 0 Å². The predicted octanol–water partition coefficient (Wildman–Crippen LogP) is 1.50. The number of hydrogen-bond acceptors (Lipinski definition) is 3. The number of ether oxygens (including phenoxy) is 1. The summed E-state index contributed by atoms with van der Waals surface area (Å²) in [6.45, 7) is -0.305. The van der Waals surface area contributed by atoms with Gasteiger partial charge in [0.2, 0.25) is 0 Å². The fourth-order valence-corrected chi connectivity index (χ4v) is 0.997. The number of rotatable bonds is 4. The van der Waals surface area contributed by atoms with E-state index >= 15 is 0 Å². The Morgan fingerprint density at radius 3 is 2.29 bits per heavy atom. The van der Waals surface area contributed by atoms with E-state index in [2.05, 4.69) is 0 Å². The van der Waals surface area contributed by atoms with Gasteiger partial charge in [-0.05, 0) is 24.3 Å². The van der Waals surface area contributed by atoms with Crippen molar-refractivity contribution in [1.29, 1.82) is 0 Å². The number of carboxylic acid groups (broad SMARTS) is 1. The molecule has 3 N–H and O–H groups in total. The molecule has 1 rings (SSSR count). The third-order valence-corrected chi connectivity index (χ3v) is 1.93. The highest BCUT2D eigenvalue weighted by Crippen LogP contribution is 2.30. The van der Waals surface area contributed by atoms with Gasteiger partial charge < -0.3 is 15.6 Å². The van der Waals surface area contributed by atoms with Crippen LogP contribution in [0.15, 0.2) is 24.3 Å². The summed E-state index contributed by atoms with van der Waals surface area (Å²) in [4.78, 5) is 10.4. The molecule has 0 heterocycles. The predicted molar refractivity (Wildman–Crippen MR) is 52.6 cm³/mol. The molecule has 1 aromatic rings. The standard InChI is InChI=1S/C10H10F3NO3/c11-10(12,13)6-1-3-7(4-2-6)17-5-8(14)9(15)16/h1-4,8H,5,14H2,(H,15,16). The van der Waals surface area contributed by atoms with Crippen LogP contribution >= 0.6 is 0 Å². The molecule has 0 aromatic heterocycles. The van der Waals surface area contributed by atoms with Crippen LogP contribution in [-0.4, -0.2) is 23.7 Å². The maximum atomic E-state index is 12.2. The first-order chi connectivity index (χ1) is 7.80. The van der Waals surface area contributed by atoms with Crippen LogP contribution in [0.25, 0.3) is 0 Å². The maximum Gasteiger partial charge on any atom is 0.416 e. The lowest BCUT2D eigenvalue weighted by atomic mass is 10.2. The van der Waals surface area contributed by atoms with E-state index in [9.17, 15) is 18.0 Å². The summed E-state index contributed by atoms with van der Waals surface area (Å²) in [6, 6.07) is 2.70. The highest BCUT2D eigenvalue weighted by atomic mass is 19.4. The van der Waals surface area contributed by atoms with Crippen molar-refractivity contribution in [1.82, 2.24) is 0 Å².